The molecule has 0 atom stereocenters. The molecule has 2 aromatic carbocycles. The molecular formula is C31H38N6O7. The van der Waals surface area contributed by atoms with Crippen molar-refractivity contribution in [3.05, 3.63) is 54.1 Å². The number of carbonyl (C=O) groups excluding carboxylic acids is 1. The van der Waals surface area contributed by atoms with Crippen LogP contribution in [0.15, 0.2) is 48.5 Å². The Bertz CT molecular complexity index is 1670. The number of aromatic hydroxyl groups is 2. The molecule has 44 heavy (non-hydrogen) atoms. The highest BCUT2D eigenvalue weighted by atomic mass is 16.5. The lowest BCUT2D eigenvalue weighted by atomic mass is 10.1. The number of ether oxygens (including phenoxy) is 4. The Balaban J connectivity index is 1.01. The second-order valence-corrected chi connectivity index (χ2v) is 10.1. The number of benzene rings is 2. The number of rotatable bonds is 16. The van der Waals surface area contributed by atoms with Gasteiger partial charge in [-0.2, -0.15) is 0 Å². The van der Waals surface area contributed by atoms with E-state index in [1.54, 1.807) is 33.4 Å². The summed E-state index contributed by atoms with van der Waals surface area (Å²) in [6.07, 6.45) is 0.665. The molecule has 1 amide bonds. The van der Waals surface area contributed by atoms with Gasteiger partial charge < -0.3 is 45.1 Å². The van der Waals surface area contributed by atoms with Gasteiger partial charge in [0.25, 0.3) is 5.91 Å². The van der Waals surface area contributed by atoms with Gasteiger partial charge in [-0.15, -0.1) is 0 Å². The zero-order valence-corrected chi connectivity index (χ0v) is 25.0. The molecule has 0 unspecified atom stereocenters. The molecule has 2 heterocycles. The third-order valence-corrected chi connectivity index (χ3v) is 7.23. The Hall–Kier alpha value is -5.01. The lowest BCUT2D eigenvalue weighted by Crippen LogP contribution is -2.25. The number of carbonyl (C=O) groups is 1. The summed E-state index contributed by atoms with van der Waals surface area (Å²) in [4.78, 5) is 12.8. The highest BCUT2D eigenvalue weighted by Crippen LogP contribution is 2.42. The van der Waals surface area contributed by atoms with Crippen molar-refractivity contribution in [3.8, 4) is 34.5 Å². The van der Waals surface area contributed by atoms with E-state index in [1.165, 1.54) is 10.6 Å². The third kappa shape index (κ3) is 6.79. The number of aromatic nitrogens is 3. The van der Waals surface area contributed by atoms with Gasteiger partial charge in [-0.05, 0) is 48.2 Å². The molecule has 0 spiro atoms. The van der Waals surface area contributed by atoms with Crippen LogP contribution in [0.5, 0.6) is 23.3 Å². The van der Waals surface area contributed by atoms with E-state index < -0.39 is 0 Å². The van der Waals surface area contributed by atoms with Crippen molar-refractivity contribution >= 4 is 33.9 Å². The molecule has 7 N–H and O–H groups in total. The number of nitrogens with one attached hydrogen (secondary N) is 5. The second kappa shape index (κ2) is 14.0. The molecule has 1 aromatic heterocycles. The SMILES string of the molecule is COc1cc2cc3c(Nc4cccc(C(=O)NCCCOCCOCCNc5cc(O)n(C)c5O)c4)[nH][nH]c-3c2cc1OC. The first-order chi connectivity index (χ1) is 21.4. The number of amides is 1. The summed E-state index contributed by atoms with van der Waals surface area (Å²) in [6.45, 7) is 2.73. The number of anilines is 3. The highest BCUT2D eigenvalue weighted by molar-refractivity contribution is 6.05. The van der Waals surface area contributed by atoms with Crippen LogP contribution in [0, 0.1) is 0 Å². The molecule has 5 rings (SSSR count). The van der Waals surface area contributed by atoms with Crippen LogP contribution < -0.4 is 25.4 Å². The van der Waals surface area contributed by atoms with Gasteiger partial charge in [-0.3, -0.25) is 19.6 Å². The fourth-order valence-corrected chi connectivity index (χ4v) is 4.88. The summed E-state index contributed by atoms with van der Waals surface area (Å²) in [5.41, 5.74) is 3.68. The number of H-pyrrole nitrogens is 2. The Morgan fingerprint density at radius 1 is 0.909 bits per heavy atom. The van der Waals surface area contributed by atoms with E-state index in [-0.39, 0.29) is 17.7 Å². The van der Waals surface area contributed by atoms with Crippen LogP contribution in [0.4, 0.5) is 17.2 Å². The first kappa shape index (κ1) is 30.4. The maximum absolute atomic E-state index is 12.8. The summed E-state index contributed by atoms with van der Waals surface area (Å²) < 4.78 is 23.3. The fraction of sp³-hybridized carbons (Fsp3) is 0.323. The van der Waals surface area contributed by atoms with Crippen LogP contribution in [0.25, 0.3) is 22.0 Å². The molecule has 0 saturated carbocycles. The van der Waals surface area contributed by atoms with Gasteiger partial charge >= 0.3 is 0 Å². The predicted molar refractivity (Wildman–Crippen MR) is 168 cm³/mol. The average Bonchev–Trinajstić information content (AvgIpc) is 3.67. The maximum Gasteiger partial charge on any atom is 0.251 e. The number of hydrogen-bond donors (Lipinski definition) is 7. The topological polar surface area (TPSA) is 167 Å². The van der Waals surface area contributed by atoms with Gasteiger partial charge in [0, 0.05) is 55.0 Å². The van der Waals surface area contributed by atoms with Gasteiger partial charge in [-0.1, -0.05) is 6.07 Å². The first-order valence-corrected chi connectivity index (χ1v) is 14.3. The zero-order valence-electron chi connectivity index (χ0n) is 25.0. The quantitative estimate of drug-likeness (QED) is 0.0807. The van der Waals surface area contributed by atoms with Crippen LogP contribution in [-0.4, -0.2) is 84.6 Å². The van der Waals surface area contributed by atoms with E-state index in [4.69, 9.17) is 18.9 Å². The van der Waals surface area contributed by atoms with Crippen LogP contribution in [0.1, 0.15) is 16.8 Å². The smallest absolute Gasteiger partial charge is 0.251 e. The maximum atomic E-state index is 12.8. The first-order valence-electron chi connectivity index (χ1n) is 14.3. The number of methoxy groups -OCH3 is 2. The van der Waals surface area contributed by atoms with Gasteiger partial charge in [-0.25, -0.2) is 0 Å². The molecular weight excluding hydrogens is 568 g/mol. The molecule has 0 bridgehead atoms. The van der Waals surface area contributed by atoms with Crippen LogP contribution in [-0.2, 0) is 16.5 Å². The van der Waals surface area contributed by atoms with Crippen molar-refractivity contribution < 1.29 is 34.0 Å². The minimum Gasteiger partial charge on any atom is -0.494 e. The Kier molecular flexibility index (Phi) is 9.67. The van der Waals surface area contributed by atoms with E-state index in [0.29, 0.717) is 68.7 Å². The highest BCUT2D eigenvalue weighted by Gasteiger charge is 2.20. The second-order valence-electron chi connectivity index (χ2n) is 10.1. The van der Waals surface area contributed by atoms with Crippen molar-refractivity contribution in [2.75, 3.05) is 64.4 Å². The van der Waals surface area contributed by atoms with Crippen molar-refractivity contribution in [2.45, 2.75) is 6.42 Å². The van der Waals surface area contributed by atoms with Gasteiger partial charge in [0.05, 0.1) is 39.7 Å². The lowest BCUT2D eigenvalue weighted by molar-refractivity contribution is 0.0505. The summed E-state index contributed by atoms with van der Waals surface area (Å²) in [7, 11) is 4.79. The molecule has 234 valence electrons. The largest absolute Gasteiger partial charge is 0.494 e. The van der Waals surface area contributed by atoms with Crippen molar-refractivity contribution in [1.82, 2.24) is 20.1 Å². The van der Waals surface area contributed by atoms with E-state index in [1.807, 2.05) is 24.3 Å². The minimum atomic E-state index is -0.163. The Labute approximate surface area is 254 Å². The van der Waals surface area contributed by atoms with Crippen LogP contribution in [0.2, 0.25) is 0 Å². The van der Waals surface area contributed by atoms with Gasteiger partial charge in [0.1, 0.15) is 11.5 Å². The van der Waals surface area contributed by atoms with E-state index >= 15 is 0 Å². The van der Waals surface area contributed by atoms with E-state index in [2.05, 4.69) is 32.2 Å². The van der Waals surface area contributed by atoms with Gasteiger partial charge in [0.2, 0.25) is 5.88 Å². The molecule has 13 heteroatoms. The Morgan fingerprint density at radius 2 is 1.68 bits per heavy atom. The van der Waals surface area contributed by atoms with Crippen LogP contribution >= 0.6 is 0 Å². The number of fused-ring (bicyclic) bond motifs is 3. The van der Waals surface area contributed by atoms with Crippen LogP contribution in [0.3, 0.4) is 0 Å². The summed E-state index contributed by atoms with van der Waals surface area (Å²) in [5.74, 6) is 1.88. The molecule has 0 fully saturated rings. The monoisotopic (exact) mass is 606 g/mol. The van der Waals surface area contributed by atoms with Gasteiger partial charge in [0.15, 0.2) is 17.4 Å². The average molecular weight is 607 g/mol. The Morgan fingerprint density at radius 3 is 2.43 bits per heavy atom. The summed E-state index contributed by atoms with van der Waals surface area (Å²) >= 11 is 0. The zero-order chi connectivity index (χ0) is 31.1. The fourth-order valence-electron chi connectivity index (χ4n) is 4.88. The lowest BCUT2D eigenvalue weighted by Gasteiger charge is -2.09. The number of hydrogen-bond acceptors (Lipinski definition) is 9. The summed E-state index contributed by atoms with van der Waals surface area (Å²) in [5, 5.41) is 37.2. The molecule has 2 aliphatic rings. The standard InChI is InChI=1S/C31H38N6O7/c1-37-27(38)18-24(31(37)40)32-9-11-44-13-12-43-10-5-8-33-30(39)19-6-4-7-21(14-19)34-29-23-15-20-16-25(41-2)26(42-3)17-22(20)28(23)35-36-29/h4,6-7,14-18,32,34-36,38,40H,5,8-13H2,1-3H3,(H,33,39). The van der Waals surface area contributed by atoms with E-state index in [9.17, 15) is 15.0 Å². The molecule has 0 radical (unpaired) electrons. The number of nitrogens with zero attached hydrogens (tertiary/aromatic N) is 1. The molecule has 13 nitrogen and oxygen atoms in total. The predicted octanol–water partition coefficient (Wildman–Crippen LogP) is 4.38. The third-order valence-electron chi connectivity index (χ3n) is 7.23. The normalized spacial score (nSPS) is 11.2. The molecule has 3 aromatic rings. The molecule has 0 saturated heterocycles. The van der Waals surface area contributed by atoms with Crippen molar-refractivity contribution in [3.63, 3.8) is 0 Å². The van der Waals surface area contributed by atoms with Crippen molar-refractivity contribution in [1.29, 1.82) is 0 Å². The van der Waals surface area contributed by atoms with Crippen molar-refractivity contribution in [2.24, 2.45) is 7.05 Å². The minimum absolute atomic E-state index is 0.0230. The molecule has 1 aliphatic heterocycles. The van der Waals surface area contributed by atoms with E-state index in [0.717, 1.165) is 33.5 Å². The number of aromatic amines is 2. The molecule has 1 aliphatic carbocycles. The summed E-state index contributed by atoms with van der Waals surface area (Å²) in [6, 6.07) is 14.7.